The zero-order chi connectivity index (χ0) is 8.81. The lowest BCUT2D eigenvalue weighted by Crippen LogP contribution is -2.25. The average Bonchev–Trinajstić information content (AvgIpc) is 2.06. The standard InChI is InChI=1S/C9H15N3/c10-4-3-9(11)6-8-2-1-5-12-7-8/h1-2,5,7,9H,3-4,6,10-11H2. The fourth-order valence-electron chi connectivity index (χ4n) is 1.14. The predicted molar refractivity (Wildman–Crippen MR) is 49.6 cm³/mol. The van der Waals surface area contributed by atoms with Gasteiger partial charge in [0.2, 0.25) is 0 Å². The molecule has 66 valence electrons. The van der Waals surface area contributed by atoms with Crippen molar-refractivity contribution >= 4 is 0 Å². The van der Waals surface area contributed by atoms with Gasteiger partial charge in [0, 0.05) is 18.4 Å². The zero-order valence-electron chi connectivity index (χ0n) is 7.11. The van der Waals surface area contributed by atoms with Crippen LogP contribution in [-0.4, -0.2) is 17.6 Å². The van der Waals surface area contributed by atoms with Crippen molar-refractivity contribution in [2.75, 3.05) is 6.54 Å². The van der Waals surface area contributed by atoms with Gasteiger partial charge in [-0.05, 0) is 31.0 Å². The van der Waals surface area contributed by atoms with E-state index in [1.54, 1.807) is 6.20 Å². The second-order valence-corrected chi connectivity index (χ2v) is 2.90. The van der Waals surface area contributed by atoms with Gasteiger partial charge in [0.25, 0.3) is 0 Å². The second-order valence-electron chi connectivity index (χ2n) is 2.90. The summed E-state index contributed by atoms with van der Waals surface area (Å²) in [5.74, 6) is 0. The molecule has 3 heteroatoms. The van der Waals surface area contributed by atoms with Gasteiger partial charge in [-0.15, -0.1) is 0 Å². The van der Waals surface area contributed by atoms with E-state index < -0.39 is 0 Å². The molecule has 0 aromatic carbocycles. The first kappa shape index (κ1) is 9.16. The van der Waals surface area contributed by atoms with Crippen LogP contribution in [0.25, 0.3) is 0 Å². The zero-order valence-corrected chi connectivity index (χ0v) is 7.11. The van der Waals surface area contributed by atoms with Gasteiger partial charge in [-0.1, -0.05) is 6.07 Å². The third kappa shape index (κ3) is 2.98. The summed E-state index contributed by atoms with van der Waals surface area (Å²) in [5.41, 5.74) is 12.4. The Bertz CT molecular complexity index is 210. The minimum absolute atomic E-state index is 0.166. The molecule has 12 heavy (non-hydrogen) atoms. The van der Waals surface area contributed by atoms with Crippen LogP contribution in [0.4, 0.5) is 0 Å². The Balaban J connectivity index is 2.41. The van der Waals surface area contributed by atoms with Crippen molar-refractivity contribution in [3.8, 4) is 0 Å². The van der Waals surface area contributed by atoms with E-state index in [-0.39, 0.29) is 6.04 Å². The number of nitrogens with two attached hydrogens (primary N) is 2. The van der Waals surface area contributed by atoms with Crippen LogP contribution in [0.3, 0.4) is 0 Å². The smallest absolute Gasteiger partial charge is 0.0300 e. The summed E-state index contributed by atoms with van der Waals surface area (Å²) in [6.07, 6.45) is 5.34. The molecule has 1 atom stereocenters. The molecule has 1 unspecified atom stereocenters. The molecule has 1 aromatic heterocycles. The lowest BCUT2D eigenvalue weighted by atomic mass is 10.1. The summed E-state index contributed by atoms with van der Waals surface area (Å²) >= 11 is 0. The van der Waals surface area contributed by atoms with Gasteiger partial charge in [0.15, 0.2) is 0 Å². The van der Waals surface area contributed by atoms with Crippen molar-refractivity contribution < 1.29 is 0 Å². The second kappa shape index (κ2) is 4.85. The molecule has 0 bridgehead atoms. The minimum atomic E-state index is 0.166. The van der Waals surface area contributed by atoms with E-state index in [1.807, 2.05) is 18.3 Å². The Morgan fingerprint density at radius 1 is 1.50 bits per heavy atom. The number of hydrogen-bond acceptors (Lipinski definition) is 3. The quantitative estimate of drug-likeness (QED) is 0.674. The third-order valence-electron chi connectivity index (χ3n) is 1.76. The summed E-state index contributed by atoms with van der Waals surface area (Å²) in [4.78, 5) is 4.01. The Labute approximate surface area is 72.8 Å². The Kier molecular flexibility index (Phi) is 3.70. The molecule has 0 aliphatic rings. The van der Waals surface area contributed by atoms with E-state index in [1.165, 1.54) is 5.56 Å². The lowest BCUT2D eigenvalue weighted by molar-refractivity contribution is 0.618. The highest BCUT2D eigenvalue weighted by Gasteiger charge is 2.01. The van der Waals surface area contributed by atoms with Crippen LogP contribution in [0.2, 0.25) is 0 Å². The molecule has 0 fully saturated rings. The van der Waals surface area contributed by atoms with Crippen LogP contribution in [-0.2, 0) is 6.42 Å². The summed E-state index contributed by atoms with van der Waals surface area (Å²) in [5, 5.41) is 0. The first-order chi connectivity index (χ1) is 5.83. The molecular formula is C9H15N3. The van der Waals surface area contributed by atoms with Crippen molar-refractivity contribution in [3.05, 3.63) is 30.1 Å². The Morgan fingerprint density at radius 2 is 2.33 bits per heavy atom. The summed E-state index contributed by atoms with van der Waals surface area (Å²) in [6.45, 7) is 0.654. The maximum atomic E-state index is 5.81. The van der Waals surface area contributed by atoms with E-state index in [2.05, 4.69) is 4.98 Å². The highest BCUT2D eigenvalue weighted by Crippen LogP contribution is 2.01. The molecule has 4 N–H and O–H groups in total. The van der Waals surface area contributed by atoms with Crippen LogP contribution in [0.1, 0.15) is 12.0 Å². The normalized spacial score (nSPS) is 12.8. The van der Waals surface area contributed by atoms with Gasteiger partial charge in [-0.3, -0.25) is 4.98 Å². The number of nitrogens with zero attached hydrogens (tertiary/aromatic N) is 1. The van der Waals surface area contributed by atoms with Gasteiger partial charge in [-0.2, -0.15) is 0 Å². The van der Waals surface area contributed by atoms with Crippen molar-refractivity contribution in [2.45, 2.75) is 18.9 Å². The van der Waals surface area contributed by atoms with E-state index in [4.69, 9.17) is 11.5 Å². The molecule has 0 radical (unpaired) electrons. The Hall–Kier alpha value is -0.930. The maximum Gasteiger partial charge on any atom is 0.0300 e. The molecule has 0 spiro atoms. The topological polar surface area (TPSA) is 64.9 Å². The summed E-state index contributed by atoms with van der Waals surface area (Å²) in [6, 6.07) is 4.12. The molecular weight excluding hydrogens is 150 g/mol. The molecule has 1 aromatic rings. The van der Waals surface area contributed by atoms with Crippen molar-refractivity contribution in [1.29, 1.82) is 0 Å². The van der Waals surface area contributed by atoms with Gasteiger partial charge in [-0.25, -0.2) is 0 Å². The van der Waals surface area contributed by atoms with Gasteiger partial charge >= 0.3 is 0 Å². The van der Waals surface area contributed by atoms with Crippen LogP contribution >= 0.6 is 0 Å². The first-order valence-electron chi connectivity index (χ1n) is 4.17. The third-order valence-corrected chi connectivity index (χ3v) is 1.76. The molecule has 0 saturated heterocycles. The highest BCUT2D eigenvalue weighted by molar-refractivity contribution is 5.09. The first-order valence-corrected chi connectivity index (χ1v) is 4.17. The van der Waals surface area contributed by atoms with Crippen LogP contribution in [0.15, 0.2) is 24.5 Å². The summed E-state index contributed by atoms with van der Waals surface area (Å²) < 4.78 is 0. The minimum Gasteiger partial charge on any atom is -0.330 e. The van der Waals surface area contributed by atoms with Crippen molar-refractivity contribution in [1.82, 2.24) is 4.98 Å². The number of hydrogen-bond donors (Lipinski definition) is 2. The van der Waals surface area contributed by atoms with Gasteiger partial charge < -0.3 is 11.5 Å². The largest absolute Gasteiger partial charge is 0.330 e. The lowest BCUT2D eigenvalue weighted by Gasteiger charge is -2.08. The van der Waals surface area contributed by atoms with E-state index >= 15 is 0 Å². The number of rotatable bonds is 4. The van der Waals surface area contributed by atoms with Crippen LogP contribution in [0, 0.1) is 0 Å². The molecule has 0 amide bonds. The fourth-order valence-corrected chi connectivity index (χ4v) is 1.14. The molecule has 3 nitrogen and oxygen atoms in total. The number of pyridine rings is 1. The predicted octanol–water partition coefficient (Wildman–Crippen LogP) is 0.300. The highest BCUT2D eigenvalue weighted by atomic mass is 14.7. The molecule has 1 rings (SSSR count). The van der Waals surface area contributed by atoms with Crippen LogP contribution in [0.5, 0.6) is 0 Å². The van der Waals surface area contributed by atoms with Gasteiger partial charge in [0.1, 0.15) is 0 Å². The maximum absolute atomic E-state index is 5.81. The molecule has 1 heterocycles. The van der Waals surface area contributed by atoms with Crippen LogP contribution < -0.4 is 11.5 Å². The fraction of sp³-hybridized carbons (Fsp3) is 0.444. The van der Waals surface area contributed by atoms with Crippen molar-refractivity contribution in [3.63, 3.8) is 0 Å². The number of aromatic nitrogens is 1. The average molecular weight is 165 g/mol. The van der Waals surface area contributed by atoms with E-state index in [0.29, 0.717) is 6.54 Å². The van der Waals surface area contributed by atoms with Gasteiger partial charge in [0.05, 0.1) is 0 Å². The van der Waals surface area contributed by atoms with E-state index in [0.717, 1.165) is 12.8 Å². The van der Waals surface area contributed by atoms with E-state index in [9.17, 15) is 0 Å². The monoisotopic (exact) mass is 165 g/mol. The SMILES string of the molecule is NCCC(N)Cc1cccnc1. The summed E-state index contributed by atoms with van der Waals surface area (Å²) in [7, 11) is 0. The molecule has 0 aliphatic heterocycles. The molecule has 0 saturated carbocycles. The molecule has 0 aliphatic carbocycles. The van der Waals surface area contributed by atoms with Crippen molar-refractivity contribution in [2.24, 2.45) is 11.5 Å². The Morgan fingerprint density at radius 3 is 2.92 bits per heavy atom.